The zero-order valence-electron chi connectivity index (χ0n) is 7.75. The van der Waals surface area contributed by atoms with E-state index in [1.165, 1.54) is 24.1 Å². The van der Waals surface area contributed by atoms with E-state index in [9.17, 15) is 4.39 Å². The van der Waals surface area contributed by atoms with Crippen molar-refractivity contribution < 1.29 is 4.39 Å². The molecule has 1 aromatic carbocycles. The highest BCUT2D eigenvalue weighted by Gasteiger charge is 2.04. The maximum absolute atomic E-state index is 12.9. The van der Waals surface area contributed by atoms with E-state index < -0.39 is 0 Å². The molecule has 0 saturated carbocycles. The van der Waals surface area contributed by atoms with Gasteiger partial charge in [-0.3, -0.25) is 4.31 Å². The zero-order valence-corrected chi connectivity index (χ0v) is 8.57. The first kappa shape index (κ1) is 10.5. The number of nitrogens with two attached hydrogens (primary N) is 1. The summed E-state index contributed by atoms with van der Waals surface area (Å²) in [5.74, 6) is -0.221. The van der Waals surface area contributed by atoms with Crippen molar-refractivity contribution in [3.8, 4) is 0 Å². The quantitative estimate of drug-likeness (QED) is 0.755. The molecule has 0 bridgehead atoms. The first-order valence-corrected chi connectivity index (χ1v) is 4.74. The summed E-state index contributed by atoms with van der Waals surface area (Å²) >= 11 is 1.48. The minimum Gasteiger partial charge on any atom is -0.326 e. The van der Waals surface area contributed by atoms with Crippen molar-refractivity contribution in [2.24, 2.45) is 5.73 Å². The second-order valence-electron chi connectivity index (χ2n) is 2.86. The van der Waals surface area contributed by atoms with Crippen LogP contribution in [0.4, 0.5) is 4.39 Å². The molecule has 0 aliphatic carbocycles. The Morgan fingerprint density at radius 1 is 1.46 bits per heavy atom. The maximum atomic E-state index is 12.9. The Bertz CT molecular complexity index is 289. The number of hydrogen-bond acceptors (Lipinski definition) is 3. The maximum Gasteiger partial charge on any atom is 0.124 e. The summed E-state index contributed by atoms with van der Waals surface area (Å²) in [4.78, 5) is 0.882. The van der Waals surface area contributed by atoms with Gasteiger partial charge in [0.1, 0.15) is 5.82 Å². The summed E-state index contributed by atoms with van der Waals surface area (Å²) in [5.41, 5.74) is 6.49. The van der Waals surface area contributed by atoms with Crippen LogP contribution in [-0.4, -0.2) is 18.4 Å². The van der Waals surface area contributed by atoms with Crippen LogP contribution in [0.5, 0.6) is 0 Å². The van der Waals surface area contributed by atoms with Gasteiger partial charge in [-0.05, 0) is 43.7 Å². The standard InChI is InChI=1S/C9H13FN2S/c1-12(2)13-9-5-8(10)4-3-7(9)6-11/h3-5H,6,11H2,1-2H3. The van der Waals surface area contributed by atoms with Crippen LogP contribution in [0.2, 0.25) is 0 Å². The Morgan fingerprint density at radius 2 is 2.15 bits per heavy atom. The van der Waals surface area contributed by atoms with Gasteiger partial charge in [-0.2, -0.15) is 0 Å². The third-order valence-electron chi connectivity index (χ3n) is 1.53. The number of nitrogens with zero attached hydrogens (tertiary/aromatic N) is 1. The molecular formula is C9H13FN2S. The van der Waals surface area contributed by atoms with Crippen LogP contribution in [0, 0.1) is 5.82 Å². The Hall–Kier alpha value is -0.580. The molecule has 0 aliphatic rings. The predicted molar refractivity (Wildman–Crippen MR) is 53.8 cm³/mol. The van der Waals surface area contributed by atoms with Crippen molar-refractivity contribution in [3.63, 3.8) is 0 Å². The number of hydrogen-bond donors (Lipinski definition) is 1. The molecule has 0 unspecified atom stereocenters. The Balaban J connectivity index is 2.94. The van der Waals surface area contributed by atoms with Crippen molar-refractivity contribution in [1.82, 2.24) is 4.31 Å². The summed E-state index contributed by atoms with van der Waals surface area (Å²) in [5, 5.41) is 0. The third kappa shape index (κ3) is 2.99. The molecule has 0 saturated heterocycles. The van der Waals surface area contributed by atoms with E-state index >= 15 is 0 Å². The molecule has 0 aromatic heterocycles. The molecule has 2 N–H and O–H groups in total. The third-order valence-corrected chi connectivity index (χ3v) is 2.47. The summed E-state index contributed by atoms with van der Waals surface area (Å²) < 4.78 is 14.8. The molecule has 0 atom stereocenters. The minimum absolute atomic E-state index is 0.221. The van der Waals surface area contributed by atoms with E-state index in [0.717, 1.165) is 10.5 Å². The monoisotopic (exact) mass is 200 g/mol. The van der Waals surface area contributed by atoms with Gasteiger partial charge in [-0.15, -0.1) is 0 Å². The van der Waals surface area contributed by atoms with E-state index in [0.29, 0.717) is 6.54 Å². The van der Waals surface area contributed by atoms with Crippen molar-refractivity contribution in [2.45, 2.75) is 11.4 Å². The van der Waals surface area contributed by atoms with E-state index in [4.69, 9.17) is 5.73 Å². The van der Waals surface area contributed by atoms with Crippen molar-refractivity contribution in [2.75, 3.05) is 14.1 Å². The van der Waals surface area contributed by atoms with Gasteiger partial charge in [0.15, 0.2) is 0 Å². The highest BCUT2D eigenvalue weighted by molar-refractivity contribution is 7.97. The highest BCUT2D eigenvalue weighted by atomic mass is 32.2. The van der Waals surface area contributed by atoms with Crippen LogP contribution in [0.1, 0.15) is 5.56 Å². The lowest BCUT2D eigenvalue weighted by atomic mass is 10.2. The molecule has 0 radical (unpaired) electrons. The summed E-state index contributed by atoms with van der Waals surface area (Å²) in [7, 11) is 3.83. The van der Waals surface area contributed by atoms with Gasteiger partial charge in [0.25, 0.3) is 0 Å². The molecule has 0 fully saturated rings. The largest absolute Gasteiger partial charge is 0.326 e. The molecule has 13 heavy (non-hydrogen) atoms. The first-order valence-electron chi connectivity index (χ1n) is 3.97. The second-order valence-corrected chi connectivity index (χ2v) is 4.21. The lowest BCUT2D eigenvalue weighted by Crippen LogP contribution is -2.04. The van der Waals surface area contributed by atoms with E-state index in [-0.39, 0.29) is 5.82 Å². The van der Waals surface area contributed by atoms with Crippen LogP contribution in [0.15, 0.2) is 23.1 Å². The topological polar surface area (TPSA) is 29.3 Å². The average Bonchev–Trinajstić information content (AvgIpc) is 2.03. The molecule has 72 valence electrons. The van der Waals surface area contributed by atoms with Crippen LogP contribution < -0.4 is 5.73 Å². The zero-order chi connectivity index (χ0) is 9.84. The molecular weight excluding hydrogens is 187 g/mol. The van der Waals surface area contributed by atoms with Crippen LogP contribution in [0.3, 0.4) is 0 Å². The molecule has 1 aromatic rings. The Morgan fingerprint density at radius 3 is 2.69 bits per heavy atom. The van der Waals surface area contributed by atoms with E-state index in [1.54, 1.807) is 6.07 Å². The minimum atomic E-state index is -0.221. The van der Waals surface area contributed by atoms with Crippen LogP contribution >= 0.6 is 11.9 Å². The molecule has 0 spiro atoms. The second kappa shape index (κ2) is 4.60. The lowest BCUT2D eigenvalue weighted by molar-refractivity contribution is 0.621. The van der Waals surface area contributed by atoms with E-state index in [1.807, 2.05) is 18.4 Å². The number of benzene rings is 1. The van der Waals surface area contributed by atoms with Crippen molar-refractivity contribution in [3.05, 3.63) is 29.6 Å². The van der Waals surface area contributed by atoms with Crippen LogP contribution in [0.25, 0.3) is 0 Å². The first-order chi connectivity index (χ1) is 6.13. The Labute approximate surface area is 82.0 Å². The van der Waals surface area contributed by atoms with Gasteiger partial charge >= 0.3 is 0 Å². The van der Waals surface area contributed by atoms with E-state index in [2.05, 4.69) is 0 Å². The fourth-order valence-electron chi connectivity index (χ4n) is 0.979. The fourth-order valence-corrected chi connectivity index (χ4v) is 1.81. The van der Waals surface area contributed by atoms with Crippen LogP contribution in [-0.2, 0) is 6.54 Å². The predicted octanol–water partition coefficient (Wildman–Crippen LogP) is 1.85. The average molecular weight is 200 g/mol. The van der Waals surface area contributed by atoms with Crippen molar-refractivity contribution in [1.29, 1.82) is 0 Å². The van der Waals surface area contributed by atoms with Gasteiger partial charge in [-0.25, -0.2) is 4.39 Å². The fraction of sp³-hybridized carbons (Fsp3) is 0.333. The molecule has 0 amide bonds. The van der Waals surface area contributed by atoms with Gasteiger partial charge in [0.05, 0.1) is 0 Å². The highest BCUT2D eigenvalue weighted by Crippen LogP contribution is 2.24. The lowest BCUT2D eigenvalue weighted by Gasteiger charge is -2.11. The van der Waals surface area contributed by atoms with Crippen molar-refractivity contribution >= 4 is 11.9 Å². The molecule has 2 nitrogen and oxygen atoms in total. The number of halogens is 1. The molecule has 0 heterocycles. The van der Waals surface area contributed by atoms with Gasteiger partial charge < -0.3 is 5.73 Å². The normalized spacial score (nSPS) is 10.8. The van der Waals surface area contributed by atoms with Gasteiger partial charge in [0.2, 0.25) is 0 Å². The van der Waals surface area contributed by atoms with Gasteiger partial charge in [0, 0.05) is 11.4 Å². The summed E-state index contributed by atoms with van der Waals surface area (Å²) in [6.07, 6.45) is 0. The summed E-state index contributed by atoms with van der Waals surface area (Å²) in [6.45, 7) is 0.441. The molecule has 1 rings (SSSR count). The Kier molecular flexibility index (Phi) is 3.71. The smallest absolute Gasteiger partial charge is 0.124 e. The summed E-state index contributed by atoms with van der Waals surface area (Å²) in [6, 6.07) is 4.66. The number of rotatable bonds is 3. The SMILES string of the molecule is CN(C)Sc1cc(F)ccc1CN. The van der Waals surface area contributed by atoms with Gasteiger partial charge in [-0.1, -0.05) is 6.07 Å². The molecule has 0 aliphatic heterocycles. The molecule has 4 heteroatoms.